The molecule has 4 nitrogen and oxygen atoms in total. The molecule has 3 rings (SSSR count). The Balaban J connectivity index is 1.80. The molecule has 1 atom stereocenters. The standard InChI is InChI=1S/C15H24N4/c1-16-11-13-5-2-7-17-15(13)19-10-4-9-18-8-3-6-14(18)12-19/h2,5,7,14,16H,3-4,6,8-12H2,1H3. The van der Waals surface area contributed by atoms with E-state index in [1.807, 2.05) is 19.3 Å². The first-order chi connectivity index (χ1) is 9.38. The van der Waals surface area contributed by atoms with E-state index >= 15 is 0 Å². The lowest BCUT2D eigenvalue weighted by Gasteiger charge is -2.28. The zero-order chi connectivity index (χ0) is 13.1. The summed E-state index contributed by atoms with van der Waals surface area (Å²) in [6.45, 7) is 5.74. The van der Waals surface area contributed by atoms with Crippen molar-refractivity contribution in [3.8, 4) is 0 Å². The van der Waals surface area contributed by atoms with Gasteiger partial charge in [0.1, 0.15) is 5.82 Å². The van der Waals surface area contributed by atoms with E-state index in [1.165, 1.54) is 43.7 Å². The maximum Gasteiger partial charge on any atom is 0.133 e. The van der Waals surface area contributed by atoms with Crippen LogP contribution in [0.4, 0.5) is 5.82 Å². The van der Waals surface area contributed by atoms with E-state index in [0.29, 0.717) is 0 Å². The van der Waals surface area contributed by atoms with Gasteiger partial charge in [0.05, 0.1) is 0 Å². The summed E-state index contributed by atoms with van der Waals surface area (Å²) in [5, 5.41) is 3.25. The molecular weight excluding hydrogens is 236 g/mol. The number of hydrogen-bond donors (Lipinski definition) is 1. The van der Waals surface area contributed by atoms with Gasteiger partial charge in [-0.05, 0) is 38.9 Å². The van der Waals surface area contributed by atoms with E-state index < -0.39 is 0 Å². The Hall–Kier alpha value is -1.13. The van der Waals surface area contributed by atoms with Crippen molar-refractivity contribution in [3.05, 3.63) is 23.9 Å². The lowest BCUT2D eigenvalue weighted by Crippen LogP contribution is -2.37. The third-order valence-corrected chi connectivity index (χ3v) is 4.34. The van der Waals surface area contributed by atoms with Crippen LogP contribution in [0.25, 0.3) is 0 Å². The van der Waals surface area contributed by atoms with Crippen molar-refractivity contribution < 1.29 is 0 Å². The molecule has 0 saturated carbocycles. The van der Waals surface area contributed by atoms with Crippen molar-refractivity contribution in [2.45, 2.75) is 31.8 Å². The molecule has 0 aromatic carbocycles. The highest BCUT2D eigenvalue weighted by Crippen LogP contribution is 2.25. The highest BCUT2D eigenvalue weighted by molar-refractivity contribution is 5.47. The number of aromatic nitrogens is 1. The van der Waals surface area contributed by atoms with Gasteiger partial charge < -0.3 is 10.2 Å². The quantitative estimate of drug-likeness (QED) is 0.892. The minimum Gasteiger partial charge on any atom is -0.355 e. The molecule has 1 unspecified atom stereocenters. The molecular formula is C15H24N4. The summed E-state index contributed by atoms with van der Waals surface area (Å²) in [4.78, 5) is 9.81. The Morgan fingerprint density at radius 2 is 2.21 bits per heavy atom. The van der Waals surface area contributed by atoms with Gasteiger partial charge in [-0.1, -0.05) is 6.07 Å². The van der Waals surface area contributed by atoms with Crippen molar-refractivity contribution in [2.75, 3.05) is 38.1 Å². The number of fused-ring (bicyclic) bond motifs is 1. The molecule has 3 heterocycles. The molecule has 0 amide bonds. The Bertz CT molecular complexity index is 420. The van der Waals surface area contributed by atoms with Gasteiger partial charge in [-0.25, -0.2) is 4.98 Å². The third-order valence-electron chi connectivity index (χ3n) is 4.34. The van der Waals surface area contributed by atoms with Crippen molar-refractivity contribution in [1.82, 2.24) is 15.2 Å². The van der Waals surface area contributed by atoms with Gasteiger partial charge in [-0.3, -0.25) is 4.90 Å². The van der Waals surface area contributed by atoms with Crippen LogP contribution in [0.3, 0.4) is 0 Å². The van der Waals surface area contributed by atoms with Crippen LogP contribution in [0.1, 0.15) is 24.8 Å². The van der Waals surface area contributed by atoms with Gasteiger partial charge in [0.25, 0.3) is 0 Å². The summed E-state index contributed by atoms with van der Waals surface area (Å²) in [6, 6.07) is 4.97. The molecule has 0 bridgehead atoms. The van der Waals surface area contributed by atoms with Gasteiger partial charge in [0.15, 0.2) is 0 Å². The highest BCUT2D eigenvalue weighted by atomic mass is 15.3. The molecule has 0 aliphatic carbocycles. The summed E-state index contributed by atoms with van der Waals surface area (Å²) in [5.41, 5.74) is 1.32. The Morgan fingerprint density at radius 1 is 1.32 bits per heavy atom. The maximum atomic E-state index is 4.64. The van der Waals surface area contributed by atoms with Gasteiger partial charge in [-0.2, -0.15) is 0 Å². The second kappa shape index (κ2) is 5.88. The molecule has 2 aliphatic heterocycles. The molecule has 0 radical (unpaired) electrons. The topological polar surface area (TPSA) is 31.4 Å². The van der Waals surface area contributed by atoms with Crippen LogP contribution in [-0.2, 0) is 6.54 Å². The largest absolute Gasteiger partial charge is 0.355 e. The Labute approximate surface area is 115 Å². The van der Waals surface area contributed by atoms with Crippen LogP contribution in [0, 0.1) is 0 Å². The summed E-state index contributed by atoms with van der Waals surface area (Å²) < 4.78 is 0. The average Bonchev–Trinajstić information content (AvgIpc) is 2.77. The summed E-state index contributed by atoms with van der Waals surface area (Å²) in [5.74, 6) is 1.19. The van der Waals surface area contributed by atoms with Gasteiger partial charge in [0, 0.05) is 44.0 Å². The van der Waals surface area contributed by atoms with E-state index in [4.69, 9.17) is 0 Å². The number of nitrogens with zero attached hydrogens (tertiary/aromatic N) is 3. The number of rotatable bonds is 3. The average molecular weight is 260 g/mol. The molecule has 1 N–H and O–H groups in total. The van der Waals surface area contributed by atoms with Crippen LogP contribution in [0.5, 0.6) is 0 Å². The van der Waals surface area contributed by atoms with E-state index in [0.717, 1.165) is 25.7 Å². The summed E-state index contributed by atoms with van der Waals surface area (Å²) in [6.07, 6.45) is 5.90. The minimum absolute atomic E-state index is 0.743. The van der Waals surface area contributed by atoms with Crippen LogP contribution in [0.2, 0.25) is 0 Å². The molecule has 2 aliphatic rings. The van der Waals surface area contributed by atoms with Crippen LogP contribution < -0.4 is 10.2 Å². The Morgan fingerprint density at radius 3 is 3.11 bits per heavy atom. The van der Waals surface area contributed by atoms with Crippen molar-refractivity contribution in [3.63, 3.8) is 0 Å². The first kappa shape index (κ1) is 12.9. The maximum absolute atomic E-state index is 4.64. The SMILES string of the molecule is CNCc1cccnc1N1CCCN2CCCC2C1. The molecule has 104 valence electrons. The molecule has 2 fully saturated rings. The van der Waals surface area contributed by atoms with Gasteiger partial charge in [-0.15, -0.1) is 0 Å². The fourth-order valence-electron chi connectivity index (χ4n) is 3.44. The number of hydrogen-bond acceptors (Lipinski definition) is 4. The minimum atomic E-state index is 0.743. The highest BCUT2D eigenvalue weighted by Gasteiger charge is 2.29. The van der Waals surface area contributed by atoms with E-state index in [1.54, 1.807) is 0 Å². The molecule has 0 spiro atoms. The van der Waals surface area contributed by atoms with Crippen LogP contribution in [-0.4, -0.2) is 49.2 Å². The third kappa shape index (κ3) is 2.74. The number of pyridine rings is 1. The Kier molecular flexibility index (Phi) is 3.99. The first-order valence-electron chi connectivity index (χ1n) is 7.46. The van der Waals surface area contributed by atoms with Crippen LogP contribution >= 0.6 is 0 Å². The molecule has 4 heteroatoms. The van der Waals surface area contributed by atoms with E-state index in [2.05, 4.69) is 26.2 Å². The zero-order valence-corrected chi connectivity index (χ0v) is 11.8. The first-order valence-corrected chi connectivity index (χ1v) is 7.46. The molecule has 1 aromatic heterocycles. The zero-order valence-electron chi connectivity index (χ0n) is 11.8. The van der Waals surface area contributed by atoms with E-state index in [9.17, 15) is 0 Å². The second-order valence-electron chi connectivity index (χ2n) is 5.65. The fourth-order valence-corrected chi connectivity index (χ4v) is 3.44. The lowest BCUT2D eigenvalue weighted by atomic mass is 10.2. The summed E-state index contributed by atoms with van der Waals surface area (Å²) in [7, 11) is 2.00. The van der Waals surface area contributed by atoms with E-state index in [-0.39, 0.29) is 0 Å². The monoisotopic (exact) mass is 260 g/mol. The van der Waals surface area contributed by atoms with Crippen molar-refractivity contribution in [1.29, 1.82) is 0 Å². The van der Waals surface area contributed by atoms with Crippen molar-refractivity contribution in [2.24, 2.45) is 0 Å². The molecule has 2 saturated heterocycles. The molecule has 1 aromatic rings. The van der Waals surface area contributed by atoms with Crippen LogP contribution in [0.15, 0.2) is 18.3 Å². The fraction of sp³-hybridized carbons (Fsp3) is 0.667. The second-order valence-corrected chi connectivity index (χ2v) is 5.65. The summed E-state index contributed by atoms with van der Waals surface area (Å²) >= 11 is 0. The predicted molar refractivity (Wildman–Crippen MR) is 78.4 cm³/mol. The normalized spacial score (nSPS) is 24.3. The lowest BCUT2D eigenvalue weighted by molar-refractivity contribution is 0.273. The smallest absolute Gasteiger partial charge is 0.133 e. The molecule has 19 heavy (non-hydrogen) atoms. The van der Waals surface area contributed by atoms with Gasteiger partial charge >= 0.3 is 0 Å². The van der Waals surface area contributed by atoms with Crippen molar-refractivity contribution >= 4 is 5.82 Å². The number of nitrogens with one attached hydrogen (secondary N) is 1. The number of anilines is 1. The predicted octanol–water partition coefficient (Wildman–Crippen LogP) is 1.48. The van der Waals surface area contributed by atoms with Gasteiger partial charge in [0.2, 0.25) is 0 Å².